The van der Waals surface area contributed by atoms with E-state index in [1.807, 2.05) is 0 Å². The van der Waals surface area contributed by atoms with Crippen LogP contribution >= 0.6 is 0 Å². The molecular weight excluding hydrogens is 196 g/mol. The predicted octanol–water partition coefficient (Wildman–Crippen LogP) is 4.53. The van der Waals surface area contributed by atoms with Gasteiger partial charge in [-0.3, -0.25) is 0 Å². The Morgan fingerprint density at radius 1 is 1.12 bits per heavy atom. The second kappa shape index (κ2) is 5.53. The first-order chi connectivity index (χ1) is 7.43. The topological polar surface area (TPSA) is 20.2 Å². The van der Waals surface area contributed by atoms with E-state index in [9.17, 15) is 5.11 Å². The lowest BCUT2D eigenvalue weighted by molar-refractivity contribution is -0.0668. The maximum absolute atomic E-state index is 10.6. The molecule has 1 rings (SSSR count). The van der Waals surface area contributed by atoms with Crippen LogP contribution in [-0.2, 0) is 0 Å². The summed E-state index contributed by atoms with van der Waals surface area (Å²) in [6, 6.07) is 0. The van der Waals surface area contributed by atoms with Gasteiger partial charge in [-0.05, 0) is 43.4 Å². The van der Waals surface area contributed by atoms with E-state index in [2.05, 4.69) is 27.7 Å². The molecule has 0 aromatic carbocycles. The van der Waals surface area contributed by atoms with Crippen molar-refractivity contribution in [2.75, 3.05) is 0 Å². The van der Waals surface area contributed by atoms with Crippen molar-refractivity contribution in [1.29, 1.82) is 0 Å². The lowest BCUT2D eigenvalue weighted by Gasteiger charge is -2.46. The van der Waals surface area contributed by atoms with Gasteiger partial charge in [0.1, 0.15) is 0 Å². The first-order valence-corrected chi connectivity index (χ1v) is 7.16. The Kier molecular flexibility index (Phi) is 4.85. The summed E-state index contributed by atoms with van der Waals surface area (Å²) in [6.45, 7) is 9.21. The van der Waals surface area contributed by atoms with Crippen molar-refractivity contribution in [3.8, 4) is 0 Å². The van der Waals surface area contributed by atoms with E-state index in [1.54, 1.807) is 0 Å². The van der Waals surface area contributed by atoms with Gasteiger partial charge in [0.2, 0.25) is 0 Å². The highest BCUT2D eigenvalue weighted by Crippen LogP contribution is 2.48. The van der Waals surface area contributed by atoms with Gasteiger partial charge in [0, 0.05) is 0 Å². The quantitative estimate of drug-likeness (QED) is 0.730. The molecule has 2 atom stereocenters. The highest BCUT2D eigenvalue weighted by molar-refractivity contribution is 4.94. The Bertz CT molecular complexity index is 209. The van der Waals surface area contributed by atoms with Gasteiger partial charge in [-0.2, -0.15) is 0 Å². The number of aliphatic hydroxyl groups is 1. The Balaban J connectivity index is 2.61. The number of hydrogen-bond donors (Lipinski definition) is 1. The molecule has 0 aromatic heterocycles. The monoisotopic (exact) mass is 226 g/mol. The van der Waals surface area contributed by atoms with Crippen LogP contribution in [0.15, 0.2) is 0 Å². The third-order valence-corrected chi connectivity index (χ3v) is 4.59. The zero-order valence-electron chi connectivity index (χ0n) is 11.7. The van der Waals surface area contributed by atoms with E-state index < -0.39 is 0 Å². The number of hydrogen-bond acceptors (Lipinski definition) is 1. The fourth-order valence-electron chi connectivity index (χ4n) is 3.23. The Labute approximate surface area is 102 Å². The van der Waals surface area contributed by atoms with E-state index in [0.717, 1.165) is 31.6 Å². The maximum atomic E-state index is 10.6. The largest absolute Gasteiger partial charge is 0.390 e. The summed E-state index contributed by atoms with van der Waals surface area (Å²) < 4.78 is 0. The van der Waals surface area contributed by atoms with Crippen LogP contribution in [0.3, 0.4) is 0 Å². The smallest absolute Gasteiger partial charge is 0.0650 e. The molecule has 0 spiro atoms. The molecular formula is C15H30O. The Morgan fingerprint density at radius 2 is 1.81 bits per heavy atom. The van der Waals surface area contributed by atoms with E-state index in [-0.39, 0.29) is 5.60 Å². The van der Waals surface area contributed by atoms with Crippen molar-refractivity contribution in [3.05, 3.63) is 0 Å². The Hall–Kier alpha value is -0.0400. The normalized spacial score (nSPS) is 33.9. The summed E-state index contributed by atoms with van der Waals surface area (Å²) in [7, 11) is 0. The van der Waals surface area contributed by atoms with Crippen LogP contribution in [0.5, 0.6) is 0 Å². The van der Waals surface area contributed by atoms with Gasteiger partial charge in [0.15, 0.2) is 0 Å². The molecule has 1 aliphatic carbocycles. The summed E-state index contributed by atoms with van der Waals surface area (Å²) in [5.41, 5.74) is 0.0951. The van der Waals surface area contributed by atoms with Crippen molar-refractivity contribution >= 4 is 0 Å². The molecule has 0 radical (unpaired) electrons. The molecule has 1 heteroatoms. The second-order valence-electron chi connectivity index (χ2n) is 6.51. The lowest BCUT2D eigenvalue weighted by Crippen LogP contribution is -2.42. The molecule has 1 saturated carbocycles. The average Bonchev–Trinajstić information content (AvgIpc) is 2.21. The summed E-state index contributed by atoms with van der Waals surface area (Å²) in [6.07, 6.45) is 9.23. The lowest BCUT2D eigenvalue weighted by atomic mass is 9.61. The van der Waals surface area contributed by atoms with Gasteiger partial charge in [-0.25, -0.2) is 0 Å². The summed E-state index contributed by atoms with van der Waals surface area (Å²) in [5, 5.41) is 10.6. The molecule has 1 aliphatic rings. The van der Waals surface area contributed by atoms with E-state index in [0.29, 0.717) is 5.41 Å². The van der Waals surface area contributed by atoms with E-state index in [4.69, 9.17) is 0 Å². The van der Waals surface area contributed by atoms with Crippen LogP contribution in [0, 0.1) is 11.3 Å². The van der Waals surface area contributed by atoms with Gasteiger partial charge in [0.05, 0.1) is 5.60 Å². The zero-order chi connectivity index (χ0) is 12.2. The van der Waals surface area contributed by atoms with Crippen LogP contribution in [0.25, 0.3) is 0 Å². The number of unbranched alkanes of at least 4 members (excludes halogenated alkanes) is 1. The molecule has 0 amide bonds. The van der Waals surface area contributed by atoms with Crippen molar-refractivity contribution < 1.29 is 5.11 Å². The molecule has 1 fully saturated rings. The molecule has 1 N–H and O–H groups in total. The molecule has 0 saturated heterocycles. The molecule has 96 valence electrons. The summed E-state index contributed by atoms with van der Waals surface area (Å²) in [5.74, 6) is 0.720. The van der Waals surface area contributed by atoms with E-state index in [1.165, 1.54) is 25.7 Å². The van der Waals surface area contributed by atoms with Gasteiger partial charge < -0.3 is 5.11 Å². The number of rotatable bonds is 5. The fraction of sp³-hybridized carbons (Fsp3) is 1.00. The molecule has 0 aromatic rings. The SMILES string of the molecule is CCCCC1CC(O)(CCC)CCC1(C)C. The van der Waals surface area contributed by atoms with Crippen molar-refractivity contribution in [2.24, 2.45) is 11.3 Å². The van der Waals surface area contributed by atoms with Gasteiger partial charge in [0.25, 0.3) is 0 Å². The molecule has 16 heavy (non-hydrogen) atoms. The highest BCUT2D eigenvalue weighted by Gasteiger charge is 2.42. The summed E-state index contributed by atoms with van der Waals surface area (Å²) >= 11 is 0. The van der Waals surface area contributed by atoms with Gasteiger partial charge in [-0.1, -0.05) is 47.0 Å². The minimum absolute atomic E-state index is 0.345. The molecule has 0 bridgehead atoms. The average molecular weight is 226 g/mol. The standard InChI is InChI=1S/C15H30O/c1-5-7-8-13-12-15(16,9-6-2)11-10-14(13,3)4/h13,16H,5-12H2,1-4H3. The second-order valence-corrected chi connectivity index (χ2v) is 6.51. The summed E-state index contributed by atoms with van der Waals surface area (Å²) in [4.78, 5) is 0. The minimum atomic E-state index is -0.345. The Morgan fingerprint density at radius 3 is 2.38 bits per heavy atom. The zero-order valence-corrected chi connectivity index (χ0v) is 11.7. The third-order valence-electron chi connectivity index (χ3n) is 4.59. The molecule has 1 nitrogen and oxygen atoms in total. The van der Waals surface area contributed by atoms with Gasteiger partial charge >= 0.3 is 0 Å². The van der Waals surface area contributed by atoms with Crippen LogP contribution in [0.1, 0.15) is 79.1 Å². The van der Waals surface area contributed by atoms with Crippen LogP contribution in [0.2, 0.25) is 0 Å². The minimum Gasteiger partial charge on any atom is -0.390 e. The van der Waals surface area contributed by atoms with Crippen LogP contribution in [-0.4, -0.2) is 10.7 Å². The third kappa shape index (κ3) is 3.48. The highest BCUT2D eigenvalue weighted by atomic mass is 16.3. The molecule has 0 aliphatic heterocycles. The fourth-order valence-corrected chi connectivity index (χ4v) is 3.23. The van der Waals surface area contributed by atoms with Crippen LogP contribution < -0.4 is 0 Å². The van der Waals surface area contributed by atoms with E-state index >= 15 is 0 Å². The van der Waals surface area contributed by atoms with Gasteiger partial charge in [-0.15, -0.1) is 0 Å². The first-order valence-electron chi connectivity index (χ1n) is 7.16. The maximum Gasteiger partial charge on any atom is 0.0650 e. The van der Waals surface area contributed by atoms with Crippen molar-refractivity contribution in [3.63, 3.8) is 0 Å². The first kappa shape index (κ1) is 14.0. The van der Waals surface area contributed by atoms with Crippen LogP contribution in [0.4, 0.5) is 0 Å². The predicted molar refractivity (Wildman–Crippen MR) is 70.5 cm³/mol. The van der Waals surface area contributed by atoms with Crippen molar-refractivity contribution in [2.45, 2.75) is 84.7 Å². The van der Waals surface area contributed by atoms with Crippen molar-refractivity contribution in [1.82, 2.24) is 0 Å². The molecule has 2 unspecified atom stereocenters. The molecule has 0 heterocycles.